The average molecular weight is 449 g/mol. The van der Waals surface area contributed by atoms with Crippen molar-refractivity contribution in [2.24, 2.45) is 5.41 Å². The molecule has 2 amide bonds. The van der Waals surface area contributed by atoms with Crippen molar-refractivity contribution in [2.75, 3.05) is 42.6 Å². The lowest BCUT2D eigenvalue weighted by atomic mass is 9.78. The maximum absolute atomic E-state index is 13.5. The van der Waals surface area contributed by atoms with Crippen LogP contribution in [0.25, 0.3) is 0 Å². The van der Waals surface area contributed by atoms with Gasteiger partial charge >= 0.3 is 6.09 Å². The monoisotopic (exact) mass is 448 g/mol. The number of piperidine rings is 1. The van der Waals surface area contributed by atoms with Crippen LogP contribution in [0, 0.1) is 5.41 Å². The number of ether oxygens (including phenoxy) is 1. The molecule has 5 rings (SSSR count). The van der Waals surface area contributed by atoms with E-state index in [4.69, 9.17) is 16.3 Å². The summed E-state index contributed by atoms with van der Waals surface area (Å²) in [5.41, 5.74) is 0.252. The third-order valence-corrected chi connectivity index (χ3v) is 7.69. The highest BCUT2D eigenvalue weighted by Gasteiger charge is 2.51. The Morgan fingerprint density at radius 3 is 2.65 bits per heavy atom. The molecule has 1 atom stereocenters. The molecular weight excluding hydrogens is 420 g/mol. The van der Waals surface area contributed by atoms with Crippen LogP contribution >= 0.6 is 11.6 Å². The molecule has 1 N–H and O–H groups in total. The highest BCUT2D eigenvalue weighted by molar-refractivity contribution is 6.33. The number of cyclic esters (lactones) is 1. The maximum Gasteiger partial charge on any atom is 0.414 e. The van der Waals surface area contributed by atoms with E-state index in [1.54, 1.807) is 12.3 Å². The summed E-state index contributed by atoms with van der Waals surface area (Å²) >= 11 is 6.58. The Bertz CT molecular complexity index is 875. The van der Waals surface area contributed by atoms with Crippen molar-refractivity contribution < 1.29 is 19.4 Å². The van der Waals surface area contributed by atoms with Gasteiger partial charge in [0.25, 0.3) is 0 Å². The molecule has 1 spiro atoms. The van der Waals surface area contributed by atoms with Crippen LogP contribution in [0.1, 0.15) is 44.9 Å². The maximum atomic E-state index is 13.5. The quantitative estimate of drug-likeness (QED) is 0.765. The van der Waals surface area contributed by atoms with Crippen molar-refractivity contribution in [3.05, 3.63) is 17.3 Å². The van der Waals surface area contributed by atoms with Crippen molar-refractivity contribution in [3.8, 4) is 0 Å². The fourth-order valence-electron chi connectivity index (χ4n) is 5.69. The summed E-state index contributed by atoms with van der Waals surface area (Å²) in [6.07, 6.45) is 7.07. The van der Waals surface area contributed by atoms with Gasteiger partial charge in [0.2, 0.25) is 5.91 Å². The van der Waals surface area contributed by atoms with Gasteiger partial charge in [-0.25, -0.2) is 9.78 Å². The van der Waals surface area contributed by atoms with Gasteiger partial charge in [0.1, 0.15) is 12.4 Å². The first-order chi connectivity index (χ1) is 15.0. The van der Waals surface area contributed by atoms with Crippen molar-refractivity contribution in [2.45, 2.75) is 57.1 Å². The molecule has 3 aliphatic heterocycles. The van der Waals surface area contributed by atoms with Crippen molar-refractivity contribution in [1.29, 1.82) is 0 Å². The second kappa shape index (κ2) is 8.13. The van der Waals surface area contributed by atoms with Crippen LogP contribution < -0.4 is 9.80 Å². The largest absolute Gasteiger partial charge is 0.447 e. The Morgan fingerprint density at radius 2 is 1.94 bits per heavy atom. The molecule has 31 heavy (non-hydrogen) atoms. The van der Waals surface area contributed by atoms with Gasteiger partial charge in [0.05, 0.1) is 35.0 Å². The lowest BCUT2D eigenvalue weighted by Gasteiger charge is -2.41. The van der Waals surface area contributed by atoms with Crippen molar-refractivity contribution in [3.63, 3.8) is 0 Å². The van der Waals surface area contributed by atoms with E-state index < -0.39 is 0 Å². The average Bonchev–Trinajstić information content (AvgIpc) is 3.33. The number of likely N-dealkylation sites (tertiary alicyclic amines) is 1. The highest BCUT2D eigenvalue weighted by atomic mass is 35.5. The number of aliphatic hydroxyl groups excluding tert-OH is 1. The lowest BCUT2D eigenvalue weighted by molar-refractivity contribution is -0.139. The van der Waals surface area contributed by atoms with E-state index in [9.17, 15) is 14.7 Å². The molecule has 9 heteroatoms. The molecule has 8 nitrogen and oxygen atoms in total. The molecule has 4 fully saturated rings. The third kappa shape index (κ3) is 3.74. The van der Waals surface area contributed by atoms with E-state index in [0.717, 1.165) is 58.0 Å². The van der Waals surface area contributed by atoms with Crippen LogP contribution in [-0.2, 0) is 9.53 Å². The first-order valence-electron chi connectivity index (χ1n) is 11.3. The number of carbonyl (C=O) groups is 2. The van der Waals surface area contributed by atoms with Gasteiger partial charge in [-0.3, -0.25) is 9.69 Å². The minimum atomic E-state index is -0.380. The highest BCUT2D eigenvalue weighted by Crippen LogP contribution is 2.44. The van der Waals surface area contributed by atoms with E-state index >= 15 is 0 Å². The predicted octanol–water partition coefficient (Wildman–Crippen LogP) is 2.81. The van der Waals surface area contributed by atoms with E-state index in [1.807, 2.05) is 0 Å². The van der Waals surface area contributed by atoms with Gasteiger partial charge < -0.3 is 19.6 Å². The first kappa shape index (κ1) is 20.8. The van der Waals surface area contributed by atoms with E-state index in [2.05, 4.69) is 14.8 Å². The Kier molecular flexibility index (Phi) is 5.46. The van der Waals surface area contributed by atoms with E-state index in [-0.39, 0.29) is 29.6 Å². The summed E-state index contributed by atoms with van der Waals surface area (Å²) in [4.78, 5) is 35.6. The van der Waals surface area contributed by atoms with Crippen LogP contribution in [0.5, 0.6) is 0 Å². The minimum Gasteiger partial charge on any atom is -0.447 e. The molecule has 0 aromatic carbocycles. The molecule has 0 radical (unpaired) electrons. The first-order valence-corrected chi connectivity index (χ1v) is 11.7. The third-order valence-electron chi connectivity index (χ3n) is 7.41. The van der Waals surface area contributed by atoms with Gasteiger partial charge in [0.15, 0.2) is 0 Å². The molecular formula is C22H29ClN4O4. The predicted molar refractivity (Wildman–Crippen MR) is 116 cm³/mol. The smallest absolute Gasteiger partial charge is 0.414 e. The molecule has 1 aromatic heterocycles. The Labute approximate surface area is 187 Å². The molecule has 1 aliphatic carbocycles. The number of pyridine rings is 1. The van der Waals surface area contributed by atoms with Gasteiger partial charge in [-0.05, 0) is 51.0 Å². The standard InChI is InChI=1S/C22H29ClN4O4/c23-18-12-16(27-10-11-31-21(27)30)13-24-19(18)25-8-1-6-22(14-25)7-9-26(20(22)29)15-2-4-17(28)5-3-15/h12-13,15,17,28H,1-11,14H2/t15-,17-,22-/m1/s1. The fourth-order valence-corrected chi connectivity index (χ4v) is 5.97. The summed E-state index contributed by atoms with van der Waals surface area (Å²) in [7, 11) is 0. The molecule has 4 aliphatic rings. The summed E-state index contributed by atoms with van der Waals surface area (Å²) in [5.74, 6) is 0.926. The normalized spacial score (nSPS) is 31.6. The summed E-state index contributed by atoms with van der Waals surface area (Å²) in [5, 5.41) is 10.3. The fraction of sp³-hybridized carbons (Fsp3) is 0.682. The molecule has 0 unspecified atom stereocenters. The van der Waals surface area contributed by atoms with Gasteiger partial charge in [-0.15, -0.1) is 0 Å². The zero-order chi connectivity index (χ0) is 21.6. The number of hydrogen-bond donors (Lipinski definition) is 1. The minimum absolute atomic E-state index is 0.216. The molecule has 1 aromatic rings. The lowest BCUT2D eigenvalue weighted by Crippen LogP contribution is -2.50. The van der Waals surface area contributed by atoms with Crippen molar-refractivity contribution in [1.82, 2.24) is 9.88 Å². The molecule has 1 saturated carbocycles. The number of halogens is 1. The van der Waals surface area contributed by atoms with E-state index in [0.29, 0.717) is 36.2 Å². The molecule has 168 valence electrons. The number of aliphatic hydroxyl groups is 1. The zero-order valence-corrected chi connectivity index (χ0v) is 18.4. The van der Waals surface area contributed by atoms with Crippen molar-refractivity contribution >= 4 is 35.1 Å². The van der Waals surface area contributed by atoms with Gasteiger partial charge in [0, 0.05) is 25.7 Å². The van der Waals surface area contributed by atoms with Gasteiger partial charge in [-0.1, -0.05) is 11.6 Å². The molecule has 0 bridgehead atoms. The number of nitrogens with zero attached hydrogens (tertiary/aromatic N) is 4. The van der Waals surface area contributed by atoms with Crippen LogP contribution in [0.3, 0.4) is 0 Å². The van der Waals surface area contributed by atoms with Crippen LogP contribution in [0.2, 0.25) is 5.02 Å². The molecule has 3 saturated heterocycles. The Morgan fingerprint density at radius 1 is 1.13 bits per heavy atom. The Hall–Kier alpha value is -2.06. The number of hydrogen-bond acceptors (Lipinski definition) is 6. The van der Waals surface area contributed by atoms with Crippen LogP contribution in [0.15, 0.2) is 12.3 Å². The topological polar surface area (TPSA) is 86.2 Å². The number of amides is 2. The number of carbonyl (C=O) groups excluding carboxylic acids is 2. The van der Waals surface area contributed by atoms with Gasteiger partial charge in [-0.2, -0.15) is 0 Å². The number of rotatable bonds is 3. The van der Waals surface area contributed by atoms with Crippen LogP contribution in [0.4, 0.5) is 16.3 Å². The second-order valence-corrected chi connectivity index (χ2v) is 9.69. The zero-order valence-electron chi connectivity index (χ0n) is 17.6. The number of anilines is 2. The summed E-state index contributed by atoms with van der Waals surface area (Å²) < 4.78 is 5.00. The number of aromatic nitrogens is 1. The molecule has 4 heterocycles. The Balaban J connectivity index is 1.31. The van der Waals surface area contributed by atoms with Crippen LogP contribution in [-0.4, -0.2) is 71.9 Å². The van der Waals surface area contributed by atoms with E-state index in [1.165, 1.54) is 4.90 Å². The second-order valence-electron chi connectivity index (χ2n) is 9.28. The summed E-state index contributed by atoms with van der Waals surface area (Å²) in [6, 6.07) is 2.01. The summed E-state index contributed by atoms with van der Waals surface area (Å²) in [6.45, 7) is 3.08. The SMILES string of the molecule is O=C1OCCN1c1cnc(N2CCC[C@@]3(CCN([C@H]4CC[C@H](O)CC4)C3=O)C2)c(Cl)c1.